The number of carbonyl (C=O) groups is 1. The molecule has 1 fully saturated rings. The summed E-state index contributed by atoms with van der Waals surface area (Å²) < 4.78 is 0. The minimum Gasteiger partial charge on any atom is -0.339 e. The van der Waals surface area contributed by atoms with Gasteiger partial charge >= 0.3 is 0 Å². The van der Waals surface area contributed by atoms with E-state index in [4.69, 9.17) is 0 Å². The van der Waals surface area contributed by atoms with Crippen molar-refractivity contribution in [3.05, 3.63) is 42.1 Å². The Morgan fingerprint density at radius 2 is 2.08 bits per heavy atom. The molecule has 1 aromatic carbocycles. The lowest BCUT2D eigenvalue weighted by molar-refractivity contribution is -0.135. The molecule has 24 heavy (non-hydrogen) atoms. The van der Waals surface area contributed by atoms with E-state index in [-0.39, 0.29) is 11.9 Å². The van der Waals surface area contributed by atoms with Crippen molar-refractivity contribution in [1.82, 2.24) is 20.0 Å². The van der Waals surface area contributed by atoms with Crippen LogP contribution in [0.1, 0.15) is 31.4 Å². The normalized spacial score (nSPS) is 19.0. The molecule has 0 aliphatic carbocycles. The number of likely N-dealkylation sites (N-methyl/N-ethyl adjacent to an activating group) is 2. The number of hydrogen-bond donors (Lipinski definition) is 1. The maximum Gasteiger partial charge on any atom is 0.240 e. The number of aromatic nitrogens is 2. The number of nitrogens with zero attached hydrogens (tertiary/aromatic N) is 3. The van der Waals surface area contributed by atoms with Crippen LogP contribution in [-0.4, -0.2) is 52.6 Å². The summed E-state index contributed by atoms with van der Waals surface area (Å²) in [6.45, 7) is 1.56. The molecule has 128 valence electrons. The van der Waals surface area contributed by atoms with Gasteiger partial charge in [0.2, 0.25) is 5.91 Å². The van der Waals surface area contributed by atoms with Gasteiger partial charge in [-0.05, 0) is 32.5 Å². The summed E-state index contributed by atoms with van der Waals surface area (Å²) in [5.74, 6) is 0.204. The molecule has 1 aliphatic rings. The molecule has 1 N–H and O–H groups in total. The van der Waals surface area contributed by atoms with Crippen molar-refractivity contribution in [3.8, 4) is 11.3 Å². The summed E-state index contributed by atoms with van der Waals surface area (Å²) in [4.78, 5) is 16.8. The topological polar surface area (TPSA) is 52.2 Å². The second kappa shape index (κ2) is 7.62. The molecule has 0 radical (unpaired) electrons. The lowest BCUT2D eigenvalue weighted by Gasteiger charge is -2.28. The first kappa shape index (κ1) is 16.7. The fourth-order valence-corrected chi connectivity index (χ4v) is 3.35. The number of benzene rings is 1. The largest absolute Gasteiger partial charge is 0.339 e. The van der Waals surface area contributed by atoms with Gasteiger partial charge in [0, 0.05) is 12.6 Å². The molecular weight excluding hydrogens is 300 g/mol. The third-order valence-corrected chi connectivity index (χ3v) is 4.79. The molecule has 1 aliphatic heterocycles. The van der Waals surface area contributed by atoms with Crippen LogP contribution in [-0.2, 0) is 11.3 Å². The summed E-state index contributed by atoms with van der Waals surface area (Å²) in [5, 5.41) is 7.43. The molecule has 5 nitrogen and oxygen atoms in total. The first-order chi connectivity index (χ1) is 11.6. The van der Waals surface area contributed by atoms with Gasteiger partial charge in [-0.2, -0.15) is 5.10 Å². The number of hydrogen-bond acceptors (Lipinski definition) is 3. The van der Waals surface area contributed by atoms with E-state index in [1.165, 1.54) is 12.8 Å². The number of carbonyl (C=O) groups excluding carboxylic acids is 1. The van der Waals surface area contributed by atoms with Crippen LogP contribution in [0.2, 0.25) is 0 Å². The number of aromatic amines is 1. The predicted octanol–water partition coefficient (Wildman–Crippen LogP) is 2.91. The molecule has 2 heterocycles. The van der Waals surface area contributed by atoms with Crippen molar-refractivity contribution in [2.45, 2.75) is 38.3 Å². The van der Waals surface area contributed by atoms with Crippen LogP contribution in [0, 0.1) is 0 Å². The van der Waals surface area contributed by atoms with Crippen LogP contribution in [0.3, 0.4) is 0 Å². The predicted molar refractivity (Wildman–Crippen MR) is 95.4 cm³/mol. The van der Waals surface area contributed by atoms with Crippen molar-refractivity contribution >= 4 is 5.91 Å². The maximum atomic E-state index is 12.8. The van der Waals surface area contributed by atoms with Crippen LogP contribution in [0.5, 0.6) is 0 Å². The first-order valence-corrected chi connectivity index (χ1v) is 8.70. The van der Waals surface area contributed by atoms with Gasteiger partial charge in [0.15, 0.2) is 0 Å². The summed E-state index contributed by atoms with van der Waals surface area (Å²) >= 11 is 0. The summed E-state index contributed by atoms with van der Waals surface area (Å²) in [7, 11) is 3.94. The van der Waals surface area contributed by atoms with Gasteiger partial charge < -0.3 is 4.90 Å². The van der Waals surface area contributed by atoms with Crippen LogP contribution >= 0.6 is 0 Å². The van der Waals surface area contributed by atoms with Gasteiger partial charge in [0.25, 0.3) is 0 Å². The Morgan fingerprint density at radius 1 is 1.29 bits per heavy atom. The average Bonchev–Trinajstić information content (AvgIpc) is 2.96. The third kappa shape index (κ3) is 3.85. The Bertz CT molecular complexity index is 667. The summed E-state index contributed by atoms with van der Waals surface area (Å²) in [6, 6.07) is 12.1. The minimum absolute atomic E-state index is 0.00835. The number of H-pyrrole nitrogens is 1. The Kier molecular flexibility index (Phi) is 5.30. The van der Waals surface area contributed by atoms with Crippen molar-refractivity contribution in [3.63, 3.8) is 0 Å². The molecule has 3 rings (SSSR count). The molecule has 2 aromatic rings. The molecule has 1 saturated heterocycles. The Morgan fingerprint density at radius 3 is 2.88 bits per heavy atom. The zero-order chi connectivity index (χ0) is 16.9. The number of likely N-dealkylation sites (tertiary alicyclic amines) is 1. The zero-order valence-corrected chi connectivity index (χ0v) is 14.5. The molecule has 1 aromatic heterocycles. The molecule has 0 bridgehead atoms. The van der Waals surface area contributed by atoms with Crippen LogP contribution < -0.4 is 0 Å². The average molecular weight is 326 g/mol. The second-order valence-electron chi connectivity index (χ2n) is 6.68. The highest BCUT2D eigenvalue weighted by Gasteiger charge is 2.27. The zero-order valence-electron chi connectivity index (χ0n) is 14.5. The van der Waals surface area contributed by atoms with Crippen molar-refractivity contribution in [1.29, 1.82) is 0 Å². The van der Waals surface area contributed by atoms with Crippen molar-refractivity contribution in [2.24, 2.45) is 0 Å². The van der Waals surface area contributed by atoms with Gasteiger partial charge in [0.1, 0.15) is 0 Å². The standard InChI is InChI=1S/C19H26N4O/c1-22-12-8-4-7-11-18(22)19(24)23(2)14-16-13-17(21-20-16)15-9-5-3-6-10-15/h3,5-6,9-10,13,18H,4,7-8,11-12,14H2,1-2H3,(H,20,21)/t18-/m0/s1. The molecule has 1 amide bonds. The van der Waals surface area contributed by atoms with E-state index >= 15 is 0 Å². The number of rotatable bonds is 4. The van der Waals surface area contributed by atoms with Crippen LogP contribution in [0.25, 0.3) is 11.3 Å². The van der Waals surface area contributed by atoms with Gasteiger partial charge in [-0.15, -0.1) is 0 Å². The fraction of sp³-hybridized carbons (Fsp3) is 0.474. The van der Waals surface area contributed by atoms with Crippen LogP contribution in [0.4, 0.5) is 0 Å². The molecule has 1 atom stereocenters. The summed E-state index contributed by atoms with van der Waals surface area (Å²) in [5.41, 5.74) is 2.96. The van der Waals surface area contributed by atoms with Gasteiger partial charge in [-0.1, -0.05) is 43.2 Å². The highest BCUT2D eigenvalue weighted by molar-refractivity contribution is 5.81. The van der Waals surface area contributed by atoms with E-state index in [0.717, 1.165) is 36.3 Å². The first-order valence-electron chi connectivity index (χ1n) is 8.70. The molecule has 0 unspecified atom stereocenters. The van der Waals surface area contributed by atoms with E-state index in [9.17, 15) is 4.79 Å². The van der Waals surface area contributed by atoms with Crippen molar-refractivity contribution in [2.75, 3.05) is 20.6 Å². The molecule has 5 heteroatoms. The van der Waals surface area contributed by atoms with Gasteiger partial charge in [-0.25, -0.2) is 0 Å². The quantitative estimate of drug-likeness (QED) is 0.940. The van der Waals surface area contributed by atoms with Gasteiger partial charge in [0.05, 0.1) is 24.0 Å². The lowest BCUT2D eigenvalue weighted by Crippen LogP contribution is -2.45. The highest BCUT2D eigenvalue weighted by atomic mass is 16.2. The second-order valence-corrected chi connectivity index (χ2v) is 6.68. The van der Waals surface area contributed by atoms with E-state index in [2.05, 4.69) is 22.1 Å². The highest BCUT2D eigenvalue weighted by Crippen LogP contribution is 2.19. The van der Waals surface area contributed by atoms with Crippen LogP contribution in [0.15, 0.2) is 36.4 Å². The molecule has 0 saturated carbocycles. The van der Waals surface area contributed by atoms with E-state index in [0.29, 0.717) is 6.54 Å². The smallest absolute Gasteiger partial charge is 0.240 e. The monoisotopic (exact) mass is 326 g/mol. The van der Waals surface area contributed by atoms with E-state index in [1.807, 2.05) is 48.3 Å². The van der Waals surface area contributed by atoms with E-state index in [1.54, 1.807) is 0 Å². The Hall–Kier alpha value is -2.14. The lowest BCUT2D eigenvalue weighted by atomic mass is 10.1. The van der Waals surface area contributed by atoms with Gasteiger partial charge in [-0.3, -0.25) is 14.8 Å². The fourth-order valence-electron chi connectivity index (χ4n) is 3.35. The Balaban J connectivity index is 1.65. The molecular formula is C19H26N4O. The number of amides is 1. The van der Waals surface area contributed by atoms with E-state index < -0.39 is 0 Å². The summed E-state index contributed by atoms with van der Waals surface area (Å²) in [6.07, 6.45) is 4.50. The third-order valence-electron chi connectivity index (χ3n) is 4.79. The maximum absolute atomic E-state index is 12.8. The SMILES string of the molecule is CN(Cc1cc(-c2ccccc2)n[nH]1)C(=O)[C@@H]1CCCCCN1C. The number of nitrogens with one attached hydrogen (secondary N) is 1. The molecule has 0 spiro atoms. The minimum atomic E-state index is 0.00835. The van der Waals surface area contributed by atoms with Crippen molar-refractivity contribution < 1.29 is 4.79 Å². The Labute approximate surface area is 143 Å².